The Bertz CT molecular complexity index is 624. The Hall–Kier alpha value is -2.49. The molecule has 1 atom stereocenters. The third-order valence-corrected chi connectivity index (χ3v) is 3.28. The summed E-state index contributed by atoms with van der Waals surface area (Å²) in [5, 5.41) is 0. The van der Waals surface area contributed by atoms with Crippen molar-refractivity contribution in [3.05, 3.63) is 59.7 Å². The van der Waals surface area contributed by atoms with Gasteiger partial charge in [-0.2, -0.15) is 0 Å². The van der Waals surface area contributed by atoms with Crippen LogP contribution in [-0.2, 0) is 4.74 Å². The second kappa shape index (κ2) is 6.31. The predicted molar refractivity (Wildman–Crippen MR) is 85.5 cm³/mol. The molecule has 2 aromatic carbocycles. The van der Waals surface area contributed by atoms with Gasteiger partial charge in [-0.05, 0) is 30.7 Å². The van der Waals surface area contributed by atoms with Crippen LogP contribution < -0.4 is 10.6 Å². The molecule has 2 aromatic rings. The molecule has 0 aliphatic heterocycles. The van der Waals surface area contributed by atoms with Crippen LogP contribution in [0.3, 0.4) is 0 Å². The first kappa shape index (κ1) is 14.9. The molecule has 0 aromatic heterocycles. The van der Waals surface area contributed by atoms with Crippen LogP contribution in [-0.4, -0.2) is 20.1 Å². The maximum atomic E-state index is 12.4. The second-order valence-electron chi connectivity index (χ2n) is 5.13. The van der Waals surface area contributed by atoms with E-state index in [1.165, 1.54) is 0 Å². The van der Waals surface area contributed by atoms with Gasteiger partial charge >= 0.3 is 5.97 Å². The molecule has 0 aliphatic rings. The lowest BCUT2D eigenvalue weighted by Gasteiger charge is -2.19. The van der Waals surface area contributed by atoms with Gasteiger partial charge in [-0.1, -0.05) is 30.3 Å². The van der Waals surface area contributed by atoms with Crippen LogP contribution in [0, 0.1) is 0 Å². The molecule has 4 heteroatoms. The molecule has 110 valence electrons. The summed E-state index contributed by atoms with van der Waals surface area (Å²) in [5.41, 5.74) is 8.54. The number of hydrogen-bond acceptors (Lipinski definition) is 4. The highest BCUT2D eigenvalue weighted by Gasteiger charge is 2.18. The minimum Gasteiger partial charge on any atom is -0.454 e. The molecule has 21 heavy (non-hydrogen) atoms. The first-order valence-electron chi connectivity index (χ1n) is 6.82. The smallest absolute Gasteiger partial charge is 0.340 e. The summed E-state index contributed by atoms with van der Waals surface area (Å²) >= 11 is 0. The van der Waals surface area contributed by atoms with E-state index >= 15 is 0 Å². The van der Waals surface area contributed by atoms with Gasteiger partial charge in [0.15, 0.2) is 0 Å². The summed E-state index contributed by atoms with van der Waals surface area (Å²) in [4.78, 5) is 14.3. The molecule has 0 saturated heterocycles. The predicted octanol–water partition coefficient (Wildman–Crippen LogP) is 3.25. The average molecular weight is 284 g/mol. The quantitative estimate of drug-likeness (QED) is 0.691. The summed E-state index contributed by atoms with van der Waals surface area (Å²) in [5.74, 6) is -0.373. The fourth-order valence-corrected chi connectivity index (χ4v) is 2.12. The Labute approximate surface area is 125 Å². The van der Waals surface area contributed by atoms with E-state index < -0.39 is 0 Å². The summed E-state index contributed by atoms with van der Waals surface area (Å²) in [6.07, 6.45) is -0.310. The lowest BCUT2D eigenvalue weighted by molar-refractivity contribution is 0.0339. The molecule has 0 spiro atoms. The SMILES string of the molecule is CC(OC(=O)c1cc(N)ccc1N(C)C)c1ccccc1. The number of benzene rings is 2. The van der Waals surface area contributed by atoms with E-state index in [0.29, 0.717) is 11.3 Å². The molecule has 4 nitrogen and oxygen atoms in total. The van der Waals surface area contributed by atoms with Crippen LogP contribution in [0.25, 0.3) is 0 Å². The number of anilines is 2. The van der Waals surface area contributed by atoms with Gasteiger partial charge < -0.3 is 15.4 Å². The second-order valence-corrected chi connectivity index (χ2v) is 5.13. The Morgan fingerprint density at radius 2 is 1.81 bits per heavy atom. The van der Waals surface area contributed by atoms with Crippen molar-refractivity contribution in [1.82, 2.24) is 0 Å². The third-order valence-electron chi connectivity index (χ3n) is 3.28. The number of nitrogens with two attached hydrogens (primary N) is 1. The van der Waals surface area contributed by atoms with Crippen molar-refractivity contribution in [2.75, 3.05) is 24.7 Å². The van der Waals surface area contributed by atoms with E-state index in [0.717, 1.165) is 11.3 Å². The normalized spacial score (nSPS) is 11.8. The van der Waals surface area contributed by atoms with E-state index in [4.69, 9.17) is 10.5 Å². The van der Waals surface area contributed by atoms with Crippen molar-refractivity contribution < 1.29 is 9.53 Å². The van der Waals surface area contributed by atoms with Crippen LogP contribution in [0.4, 0.5) is 11.4 Å². The molecule has 0 radical (unpaired) electrons. The molecule has 2 rings (SSSR count). The molecule has 0 aliphatic carbocycles. The van der Waals surface area contributed by atoms with Gasteiger partial charge in [-0.15, -0.1) is 0 Å². The number of esters is 1. The largest absolute Gasteiger partial charge is 0.454 e. The van der Waals surface area contributed by atoms with Crippen LogP contribution in [0.1, 0.15) is 28.9 Å². The zero-order valence-corrected chi connectivity index (χ0v) is 12.5. The van der Waals surface area contributed by atoms with Gasteiger partial charge in [0.2, 0.25) is 0 Å². The number of carbonyl (C=O) groups excluding carboxylic acids is 1. The summed E-state index contributed by atoms with van der Waals surface area (Å²) in [6, 6.07) is 14.9. The molecule has 0 heterocycles. The highest BCUT2D eigenvalue weighted by molar-refractivity contribution is 5.97. The standard InChI is InChI=1S/C17H20N2O2/c1-12(13-7-5-4-6-8-13)21-17(20)15-11-14(18)9-10-16(15)19(2)3/h4-12H,18H2,1-3H3. The summed E-state index contributed by atoms with van der Waals surface area (Å²) in [6.45, 7) is 1.86. The number of nitrogen functional groups attached to an aromatic ring is 1. The van der Waals surface area contributed by atoms with E-state index in [-0.39, 0.29) is 12.1 Å². The molecule has 0 fully saturated rings. The highest BCUT2D eigenvalue weighted by atomic mass is 16.5. The Morgan fingerprint density at radius 3 is 2.43 bits per heavy atom. The topological polar surface area (TPSA) is 55.6 Å². The third kappa shape index (κ3) is 3.54. The average Bonchev–Trinajstić information content (AvgIpc) is 2.47. The maximum absolute atomic E-state index is 12.4. The molecule has 2 N–H and O–H groups in total. The first-order valence-corrected chi connectivity index (χ1v) is 6.82. The molecule has 0 bridgehead atoms. The number of ether oxygens (including phenoxy) is 1. The summed E-state index contributed by atoms with van der Waals surface area (Å²) < 4.78 is 5.55. The molecular weight excluding hydrogens is 264 g/mol. The summed E-state index contributed by atoms with van der Waals surface area (Å²) in [7, 11) is 3.76. The van der Waals surface area contributed by atoms with Crippen molar-refractivity contribution in [3.8, 4) is 0 Å². The van der Waals surface area contributed by atoms with Gasteiger partial charge in [0.25, 0.3) is 0 Å². The lowest BCUT2D eigenvalue weighted by Crippen LogP contribution is -2.17. The van der Waals surface area contributed by atoms with Crippen molar-refractivity contribution in [2.45, 2.75) is 13.0 Å². The number of nitrogens with zero attached hydrogens (tertiary/aromatic N) is 1. The van der Waals surface area contributed by atoms with Gasteiger partial charge in [0.05, 0.1) is 11.3 Å². The number of rotatable bonds is 4. The minimum atomic E-state index is -0.373. The zero-order chi connectivity index (χ0) is 15.4. The molecule has 0 saturated carbocycles. The van der Waals surface area contributed by atoms with Crippen molar-refractivity contribution >= 4 is 17.3 Å². The van der Waals surface area contributed by atoms with Gasteiger partial charge in [-0.3, -0.25) is 0 Å². The van der Waals surface area contributed by atoms with E-state index in [1.54, 1.807) is 12.1 Å². The molecule has 0 amide bonds. The molecular formula is C17H20N2O2. The van der Waals surface area contributed by atoms with Crippen molar-refractivity contribution in [3.63, 3.8) is 0 Å². The Morgan fingerprint density at radius 1 is 1.14 bits per heavy atom. The van der Waals surface area contributed by atoms with E-state index in [9.17, 15) is 4.79 Å². The zero-order valence-electron chi connectivity index (χ0n) is 12.5. The Balaban J connectivity index is 2.23. The van der Waals surface area contributed by atoms with E-state index in [1.807, 2.05) is 62.3 Å². The lowest BCUT2D eigenvalue weighted by atomic mass is 10.1. The molecule has 1 unspecified atom stereocenters. The van der Waals surface area contributed by atoms with Crippen LogP contribution in [0.5, 0.6) is 0 Å². The van der Waals surface area contributed by atoms with Crippen molar-refractivity contribution in [2.24, 2.45) is 0 Å². The minimum absolute atomic E-state index is 0.310. The first-order chi connectivity index (χ1) is 9.99. The maximum Gasteiger partial charge on any atom is 0.340 e. The van der Waals surface area contributed by atoms with Gasteiger partial charge in [0.1, 0.15) is 6.10 Å². The highest BCUT2D eigenvalue weighted by Crippen LogP contribution is 2.25. The van der Waals surface area contributed by atoms with Crippen molar-refractivity contribution in [1.29, 1.82) is 0 Å². The number of carbonyl (C=O) groups is 1. The fourth-order valence-electron chi connectivity index (χ4n) is 2.12. The fraction of sp³-hybridized carbons (Fsp3) is 0.235. The van der Waals surface area contributed by atoms with Gasteiger partial charge in [-0.25, -0.2) is 4.79 Å². The Kier molecular flexibility index (Phi) is 4.48. The van der Waals surface area contributed by atoms with Crippen LogP contribution in [0.15, 0.2) is 48.5 Å². The monoisotopic (exact) mass is 284 g/mol. The van der Waals surface area contributed by atoms with Crippen LogP contribution >= 0.6 is 0 Å². The van der Waals surface area contributed by atoms with Gasteiger partial charge in [0, 0.05) is 19.8 Å². The van der Waals surface area contributed by atoms with E-state index in [2.05, 4.69) is 0 Å². The van der Waals surface area contributed by atoms with Crippen LogP contribution in [0.2, 0.25) is 0 Å². The number of hydrogen-bond donors (Lipinski definition) is 1.